The topological polar surface area (TPSA) is 129 Å². The monoisotopic (exact) mass is 588 g/mol. The first-order valence-electron chi connectivity index (χ1n) is 13.9. The number of halogens is 1. The average molecular weight is 589 g/mol. The smallest absolute Gasteiger partial charge is 0.282 e. The van der Waals surface area contributed by atoms with Crippen LogP contribution < -0.4 is 0 Å². The minimum absolute atomic E-state index is 0.135. The van der Waals surface area contributed by atoms with Crippen LogP contribution in [-0.4, -0.2) is 65.1 Å². The molecule has 0 saturated heterocycles. The predicted octanol–water partition coefficient (Wildman–Crippen LogP) is 3.45. The summed E-state index contributed by atoms with van der Waals surface area (Å²) in [7, 11) is -2.35. The molecule has 7 rings (SSSR count). The van der Waals surface area contributed by atoms with Gasteiger partial charge in [-0.25, -0.2) is 27.5 Å². The molecule has 0 aliphatic heterocycles. The van der Waals surface area contributed by atoms with Crippen LogP contribution in [0.25, 0.3) is 11.9 Å². The maximum absolute atomic E-state index is 14.5. The molecule has 0 N–H and O–H groups in total. The maximum atomic E-state index is 14.5. The van der Waals surface area contributed by atoms with Gasteiger partial charge in [0.2, 0.25) is 0 Å². The number of sulfonamides is 1. The lowest BCUT2D eigenvalue weighted by molar-refractivity contribution is 0.0733. The zero-order chi connectivity index (χ0) is 29.2. The molecule has 4 aromatic heterocycles. The van der Waals surface area contributed by atoms with Gasteiger partial charge in [-0.15, -0.1) is 5.10 Å². The van der Waals surface area contributed by atoms with Gasteiger partial charge in [-0.1, -0.05) is 5.57 Å². The second-order valence-electron chi connectivity index (χ2n) is 11.4. The molecule has 0 amide bonds. The van der Waals surface area contributed by atoms with Crippen molar-refractivity contribution in [3.63, 3.8) is 0 Å². The van der Waals surface area contributed by atoms with Crippen LogP contribution in [0.2, 0.25) is 0 Å². The summed E-state index contributed by atoms with van der Waals surface area (Å²) in [5.41, 5.74) is 2.78. The number of nitrogens with zero attached hydrogens (tertiary/aromatic N) is 8. The Labute approximate surface area is 242 Å². The molecule has 2 atom stereocenters. The van der Waals surface area contributed by atoms with Crippen LogP contribution in [-0.2, 0) is 23.5 Å². The average Bonchev–Trinajstić information content (AvgIpc) is 3.55. The van der Waals surface area contributed by atoms with Crippen molar-refractivity contribution in [2.75, 3.05) is 0 Å². The van der Waals surface area contributed by atoms with Gasteiger partial charge in [0.1, 0.15) is 17.8 Å². The van der Waals surface area contributed by atoms with E-state index in [9.17, 15) is 17.6 Å². The van der Waals surface area contributed by atoms with Crippen LogP contribution in [0.1, 0.15) is 59.4 Å². The molecule has 2 fully saturated rings. The van der Waals surface area contributed by atoms with Crippen LogP contribution >= 0.6 is 0 Å². The molecule has 216 valence electrons. The fourth-order valence-electron chi connectivity index (χ4n) is 6.43. The van der Waals surface area contributed by atoms with E-state index in [2.05, 4.69) is 25.1 Å². The van der Waals surface area contributed by atoms with Gasteiger partial charge in [-0.05, 0) is 86.9 Å². The van der Waals surface area contributed by atoms with Gasteiger partial charge in [0.25, 0.3) is 15.2 Å². The third-order valence-electron chi connectivity index (χ3n) is 8.50. The van der Waals surface area contributed by atoms with Crippen molar-refractivity contribution in [1.29, 1.82) is 0 Å². The first-order valence-corrected chi connectivity index (χ1v) is 15.4. The normalized spacial score (nSPS) is 22.0. The van der Waals surface area contributed by atoms with E-state index in [1.54, 1.807) is 40.6 Å². The Morgan fingerprint density at radius 1 is 1.10 bits per heavy atom. The number of allylic oxidation sites excluding steroid dienone is 1. The number of ketones is 1. The van der Waals surface area contributed by atoms with Gasteiger partial charge in [-0.3, -0.25) is 14.5 Å². The fourth-order valence-corrected chi connectivity index (χ4v) is 8.21. The molecular formula is C29H29FN8O3S. The van der Waals surface area contributed by atoms with Crippen LogP contribution in [0.5, 0.6) is 0 Å². The highest BCUT2D eigenvalue weighted by Crippen LogP contribution is 2.52. The molecule has 3 aliphatic rings. The van der Waals surface area contributed by atoms with Crippen molar-refractivity contribution in [3.05, 3.63) is 83.1 Å². The summed E-state index contributed by atoms with van der Waals surface area (Å²) in [5, 5.41) is 8.43. The van der Waals surface area contributed by atoms with Crippen molar-refractivity contribution in [1.82, 2.24) is 38.8 Å². The van der Waals surface area contributed by atoms with E-state index in [1.165, 1.54) is 17.1 Å². The number of hydrogen-bond donors (Lipinski definition) is 0. The number of carbonyl (C=O) groups is 1. The number of aryl methyl sites for hydroxylation is 2. The van der Waals surface area contributed by atoms with E-state index >= 15 is 0 Å². The van der Waals surface area contributed by atoms with Gasteiger partial charge >= 0.3 is 0 Å². The van der Waals surface area contributed by atoms with Gasteiger partial charge in [0.15, 0.2) is 11.6 Å². The Balaban J connectivity index is 1.32. The Bertz CT molecular complexity index is 1840. The van der Waals surface area contributed by atoms with Crippen molar-refractivity contribution in [2.24, 2.45) is 12.5 Å². The Hall–Kier alpha value is -4.10. The highest BCUT2D eigenvalue weighted by molar-refractivity contribution is 7.89. The first-order chi connectivity index (χ1) is 20.2. The standard InChI is InChI=1S/C29H29FN8O3S/c1-18-9-10-31-24(11-18)27(39)29-13-19-15-34-37(26-8-4-21(30)16-32-26)25(19)12-20(29)3-5-23(14-29)38(22-6-7-22)42(40,41)28-33-17-36(2)35-28/h4,8-12,15-17,22-23H,3,5-7,13-14H2,1-2H3/t23-,29-/m0/s1. The minimum Gasteiger partial charge on any atom is -0.291 e. The highest BCUT2D eigenvalue weighted by atomic mass is 32.2. The summed E-state index contributed by atoms with van der Waals surface area (Å²) in [5.74, 6) is -0.108. The molecule has 13 heteroatoms. The third-order valence-corrected chi connectivity index (χ3v) is 10.3. The van der Waals surface area contributed by atoms with Gasteiger partial charge in [0.05, 0.1) is 23.5 Å². The largest absolute Gasteiger partial charge is 0.291 e. The number of rotatable bonds is 7. The SMILES string of the molecule is Cc1ccnc(C(=O)[C@]23Cc4cnn(-c5ccc(F)cn5)c4C=C2CC[C@H](N(C2CC2)S(=O)(=O)c2ncn(C)n2)C3)c1. The van der Waals surface area contributed by atoms with E-state index in [0.717, 1.165) is 41.4 Å². The lowest BCUT2D eigenvalue weighted by Gasteiger charge is -2.46. The lowest BCUT2D eigenvalue weighted by atomic mass is 9.60. The molecule has 0 aromatic carbocycles. The fraction of sp³-hybridized carbons (Fsp3) is 0.379. The summed E-state index contributed by atoms with van der Waals surface area (Å²) in [6.45, 7) is 1.91. The molecule has 3 aliphatic carbocycles. The van der Waals surface area contributed by atoms with Crippen LogP contribution in [0, 0.1) is 18.2 Å². The van der Waals surface area contributed by atoms with E-state index in [0.29, 0.717) is 37.2 Å². The molecule has 0 unspecified atom stereocenters. The van der Waals surface area contributed by atoms with Crippen molar-refractivity contribution >= 4 is 21.9 Å². The quantitative estimate of drug-likeness (QED) is 0.300. The molecule has 4 heterocycles. The van der Waals surface area contributed by atoms with Gasteiger partial charge < -0.3 is 0 Å². The van der Waals surface area contributed by atoms with Gasteiger partial charge in [0, 0.05) is 25.3 Å². The predicted molar refractivity (Wildman–Crippen MR) is 149 cm³/mol. The Kier molecular flexibility index (Phi) is 6.21. The lowest BCUT2D eigenvalue weighted by Crippen LogP contribution is -2.51. The number of carbonyl (C=O) groups excluding carboxylic acids is 1. The zero-order valence-corrected chi connectivity index (χ0v) is 24.0. The van der Waals surface area contributed by atoms with Crippen LogP contribution in [0.4, 0.5) is 4.39 Å². The van der Waals surface area contributed by atoms with Crippen LogP contribution in [0.3, 0.4) is 0 Å². The Morgan fingerprint density at radius 2 is 1.93 bits per heavy atom. The summed E-state index contributed by atoms with van der Waals surface area (Å²) in [6, 6.07) is 5.95. The summed E-state index contributed by atoms with van der Waals surface area (Å²) < 4.78 is 45.9. The molecule has 11 nitrogen and oxygen atoms in total. The second-order valence-corrected chi connectivity index (χ2v) is 13.2. The number of aromatic nitrogens is 7. The molecular weight excluding hydrogens is 559 g/mol. The molecule has 42 heavy (non-hydrogen) atoms. The van der Waals surface area contributed by atoms with E-state index in [1.807, 2.05) is 19.1 Å². The summed E-state index contributed by atoms with van der Waals surface area (Å²) in [6.07, 6.45) is 11.1. The van der Waals surface area contributed by atoms with E-state index in [4.69, 9.17) is 0 Å². The minimum atomic E-state index is -3.99. The second kappa shape index (κ2) is 9.73. The molecule has 0 bridgehead atoms. The number of hydrogen-bond acceptors (Lipinski definition) is 8. The van der Waals surface area contributed by atoms with Crippen LogP contribution in [0.15, 0.2) is 59.9 Å². The first kappa shape index (κ1) is 26.8. The van der Waals surface area contributed by atoms with Crippen molar-refractivity contribution < 1.29 is 17.6 Å². The summed E-state index contributed by atoms with van der Waals surface area (Å²) >= 11 is 0. The maximum Gasteiger partial charge on any atom is 0.282 e. The molecule has 0 radical (unpaired) electrons. The highest BCUT2D eigenvalue weighted by Gasteiger charge is 2.54. The number of pyridine rings is 2. The Morgan fingerprint density at radius 3 is 2.62 bits per heavy atom. The van der Waals surface area contributed by atoms with Crippen molar-refractivity contribution in [2.45, 2.75) is 62.7 Å². The number of Topliss-reactive ketones (excluding diaryl/α,β-unsaturated/α-hetero) is 1. The molecule has 2 saturated carbocycles. The van der Waals surface area contributed by atoms with E-state index < -0.39 is 27.3 Å². The summed E-state index contributed by atoms with van der Waals surface area (Å²) in [4.78, 5) is 27.2. The molecule has 0 spiro atoms. The van der Waals surface area contributed by atoms with Gasteiger partial charge in [-0.2, -0.15) is 9.40 Å². The molecule has 4 aromatic rings. The van der Waals surface area contributed by atoms with Crippen molar-refractivity contribution in [3.8, 4) is 5.82 Å². The number of fused-ring (bicyclic) bond motifs is 2. The third kappa shape index (κ3) is 4.38. The zero-order valence-electron chi connectivity index (χ0n) is 23.2. The van der Waals surface area contributed by atoms with E-state index in [-0.39, 0.29) is 17.0 Å².